The van der Waals surface area contributed by atoms with Crippen LogP contribution in [0.2, 0.25) is 0 Å². The van der Waals surface area contributed by atoms with Crippen LogP contribution in [-0.2, 0) is 0 Å². The summed E-state index contributed by atoms with van der Waals surface area (Å²) in [7, 11) is 0. The molecule has 104 valence electrons. The molecule has 2 aromatic rings. The second-order valence-corrected chi connectivity index (χ2v) is 5.81. The Morgan fingerprint density at radius 3 is 2.30 bits per heavy atom. The summed E-state index contributed by atoms with van der Waals surface area (Å²) in [6, 6.07) is 10.2. The number of halogens is 1. The Balaban J connectivity index is 2.03. The van der Waals surface area contributed by atoms with Crippen LogP contribution in [0.1, 0.15) is 24.2 Å². The average Bonchev–Trinajstić information content (AvgIpc) is 2.79. The van der Waals surface area contributed by atoms with E-state index in [9.17, 15) is 9.18 Å². The summed E-state index contributed by atoms with van der Waals surface area (Å²) in [5, 5.41) is 1.21. The maximum absolute atomic E-state index is 13.8. The van der Waals surface area contributed by atoms with Crippen LogP contribution < -0.4 is 0 Å². The van der Waals surface area contributed by atoms with Crippen molar-refractivity contribution in [3.8, 4) is 0 Å². The molecule has 1 heterocycles. The van der Waals surface area contributed by atoms with Gasteiger partial charge in [-0.3, -0.25) is 4.79 Å². The Kier molecular flexibility index (Phi) is 3.20. The van der Waals surface area contributed by atoms with Crippen molar-refractivity contribution in [1.82, 2.24) is 4.90 Å². The number of carbonyl (C=O) groups is 1. The van der Waals surface area contributed by atoms with Crippen molar-refractivity contribution < 1.29 is 9.18 Å². The average molecular weight is 271 g/mol. The predicted molar refractivity (Wildman–Crippen MR) is 78.1 cm³/mol. The Morgan fingerprint density at radius 1 is 1.05 bits per heavy atom. The minimum atomic E-state index is -0.277. The number of amides is 1. The number of benzene rings is 2. The number of rotatable bonds is 1. The first-order valence-electron chi connectivity index (χ1n) is 7.04. The molecular formula is C17H18FNO. The Labute approximate surface area is 118 Å². The summed E-state index contributed by atoms with van der Waals surface area (Å²) in [6.45, 7) is 5.90. The zero-order valence-electron chi connectivity index (χ0n) is 11.8. The first-order valence-corrected chi connectivity index (χ1v) is 7.04. The zero-order chi connectivity index (χ0) is 14.3. The van der Waals surface area contributed by atoms with E-state index >= 15 is 0 Å². The molecule has 1 saturated heterocycles. The van der Waals surface area contributed by atoms with Crippen LogP contribution in [-0.4, -0.2) is 23.9 Å². The third kappa shape index (κ3) is 2.07. The SMILES string of the molecule is CC1CN(C(=O)c2ccc(F)c3ccccc23)CC1C. The maximum atomic E-state index is 13.8. The van der Waals surface area contributed by atoms with E-state index in [0.717, 1.165) is 13.1 Å². The fourth-order valence-corrected chi connectivity index (χ4v) is 2.91. The molecule has 0 spiro atoms. The molecule has 3 heteroatoms. The summed E-state index contributed by atoms with van der Waals surface area (Å²) in [5.41, 5.74) is 0.600. The van der Waals surface area contributed by atoms with E-state index < -0.39 is 0 Å². The van der Waals surface area contributed by atoms with Gasteiger partial charge in [-0.1, -0.05) is 38.1 Å². The number of carbonyl (C=O) groups excluding carboxylic acids is 1. The van der Waals surface area contributed by atoms with Gasteiger partial charge in [-0.15, -0.1) is 0 Å². The molecule has 0 aromatic heterocycles. The number of likely N-dealkylation sites (tertiary alicyclic amines) is 1. The second-order valence-electron chi connectivity index (χ2n) is 5.81. The maximum Gasteiger partial charge on any atom is 0.254 e. The second kappa shape index (κ2) is 4.89. The molecule has 2 aromatic carbocycles. The van der Waals surface area contributed by atoms with Gasteiger partial charge < -0.3 is 4.90 Å². The lowest BCUT2D eigenvalue weighted by Gasteiger charge is -2.17. The fourth-order valence-electron chi connectivity index (χ4n) is 2.91. The van der Waals surface area contributed by atoms with Crippen molar-refractivity contribution in [2.24, 2.45) is 11.8 Å². The summed E-state index contributed by atoms with van der Waals surface area (Å²) in [6.07, 6.45) is 0. The van der Waals surface area contributed by atoms with Gasteiger partial charge in [-0.25, -0.2) is 4.39 Å². The van der Waals surface area contributed by atoms with Crippen LogP contribution in [0.4, 0.5) is 4.39 Å². The van der Waals surface area contributed by atoms with Crippen molar-refractivity contribution in [3.05, 3.63) is 47.8 Å². The highest BCUT2D eigenvalue weighted by molar-refractivity contribution is 6.07. The van der Waals surface area contributed by atoms with Crippen LogP contribution in [0, 0.1) is 17.7 Å². The smallest absolute Gasteiger partial charge is 0.254 e. The van der Waals surface area contributed by atoms with Gasteiger partial charge in [-0.2, -0.15) is 0 Å². The van der Waals surface area contributed by atoms with Crippen LogP contribution in [0.25, 0.3) is 10.8 Å². The van der Waals surface area contributed by atoms with E-state index in [1.807, 2.05) is 17.0 Å². The third-order valence-corrected chi connectivity index (χ3v) is 4.38. The lowest BCUT2D eigenvalue weighted by molar-refractivity contribution is 0.0787. The Bertz CT molecular complexity index is 657. The van der Waals surface area contributed by atoms with Gasteiger partial charge in [0.1, 0.15) is 5.82 Å². The lowest BCUT2D eigenvalue weighted by Crippen LogP contribution is -2.29. The standard InChI is InChI=1S/C17H18FNO/c1-11-9-19(10-12(11)2)17(20)15-7-8-16(18)14-6-4-3-5-13(14)15/h3-8,11-12H,9-10H2,1-2H3. The van der Waals surface area contributed by atoms with Crippen molar-refractivity contribution in [2.45, 2.75) is 13.8 Å². The van der Waals surface area contributed by atoms with Crippen molar-refractivity contribution in [1.29, 1.82) is 0 Å². The van der Waals surface area contributed by atoms with E-state index in [1.165, 1.54) is 6.07 Å². The molecule has 0 aliphatic carbocycles. The number of hydrogen-bond acceptors (Lipinski definition) is 1. The molecule has 0 bridgehead atoms. The molecule has 2 atom stereocenters. The molecule has 2 unspecified atom stereocenters. The highest BCUT2D eigenvalue weighted by Gasteiger charge is 2.30. The molecule has 1 aliphatic rings. The Morgan fingerprint density at radius 2 is 1.65 bits per heavy atom. The van der Waals surface area contributed by atoms with Gasteiger partial charge in [0.25, 0.3) is 5.91 Å². The van der Waals surface area contributed by atoms with Crippen LogP contribution in [0.15, 0.2) is 36.4 Å². The van der Waals surface area contributed by atoms with Crippen molar-refractivity contribution >= 4 is 16.7 Å². The predicted octanol–water partition coefficient (Wildman–Crippen LogP) is 3.71. The number of fused-ring (bicyclic) bond motifs is 1. The van der Waals surface area contributed by atoms with E-state index in [4.69, 9.17) is 0 Å². The summed E-state index contributed by atoms with van der Waals surface area (Å²) in [4.78, 5) is 14.6. The van der Waals surface area contributed by atoms with Gasteiger partial charge in [0.15, 0.2) is 0 Å². The fraction of sp³-hybridized carbons (Fsp3) is 0.353. The minimum absolute atomic E-state index is 0.0115. The topological polar surface area (TPSA) is 20.3 Å². The van der Waals surface area contributed by atoms with E-state index in [0.29, 0.717) is 28.2 Å². The monoisotopic (exact) mass is 271 g/mol. The summed E-state index contributed by atoms with van der Waals surface area (Å²) < 4.78 is 13.8. The van der Waals surface area contributed by atoms with Crippen molar-refractivity contribution in [3.63, 3.8) is 0 Å². The van der Waals surface area contributed by atoms with Crippen LogP contribution in [0.3, 0.4) is 0 Å². The van der Waals surface area contributed by atoms with Crippen LogP contribution >= 0.6 is 0 Å². The quantitative estimate of drug-likeness (QED) is 0.774. The highest BCUT2D eigenvalue weighted by atomic mass is 19.1. The largest absolute Gasteiger partial charge is 0.338 e. The zero-order valence-corrected chi connectivity index (χ0v) is 11.8. The molecule has 0 N–H and O–H groups in total. The minimum Gasteiger partial charge on any atom is -0.338 e. The third-order valence-electron chi connectivity index (χ3n) is 4.38. The highest BCUT2D eigenvalue weighted by Crippen LogP contribution is 2.27. The van der Waals surface area contributed by atoms with E-state index in [-0.39, 0.29) is 11.7 Å². The molecule has 0 radical (unpaired) electrons. The molecule has 0 saturated carbocycles. The van der Waals surface area contributed by atoms with E-state index in [2.05, 4.69) is 13.8 Å². The molecule has 1 amide bonds. The van der Waals surface area contributed by atoms with Gasteiger partial charge >= 0.3 is 0 Å². The molecule has 2 nitrogen and oxygen atoms in total. The normalized spacial score (nSPS) is 22.4. The van der Waals surface area contributed by atoms with Gasteiger partial charge in [0.2, 0.25) is 0 Å². The summed E-state index contributed by atoms with van der Waals surface area (Å²) in [5.74, 6) is 0.772. The number of hydrogen-bond donors (Lipinski definition) is 0. The molecule has 20 heavy (non-hydrogen) atoms. The Hall–Kier alpha value is -1.90. The van der Waals surface area contributed by atoms with E-state index in [1.54, 1.807) is 18.2 Å². The van der Waals surface area contributed by atoms with Crippen LogP contribution in [0.5, 0.6) is 0 Å². The lowest BCUT2D eigenvalue weighted by atomic mass is 10.0. The first-order chi connectivity index (χ1) is 9.58. The van der Waals surface area contributed by atoms with Gasteiger partial charge in [0, 0.05) is 24.0 Å². The van der Waals surface area contributed by atoms with Gasteiger partial charge in [-0.05, 0) is 29.4 Å². The molecule has 1 aliphatic heterocycles. The molecule has 3 rings (SSSR count). The first kappa shape index (κ1) is 13.1. The molecular weight excluding hydrogens is 253 g/mol. The molecule has 1 fully saturated rings. The van der Waals surface area contributed by atoms with Crippen molar-refractivity contribution in [2.75, 3.05) is 13.1 Å². The summed E-state index contributed by atoms with van der Waals surface area (Å²) >= 11 is 0. The number of nitrogens with zero attached hydrogens (tertiary/aromatic N) is 1. The van der Waals surface area contributed by atoms with Gasteiger partial charge in [0.05, 0.1) is 0 Å².